The number of aliphatic imine (C=N–C) groups is 1. The van der Waals surface area contributed by atoms with Gasteiger partial charge in [-0.05, 0) is 177 Å². The molecule has 5 aromatic rings. The third-order valence-electron chi connectivity index (χ3n) is 19.9. The summed E-state index contributed by atoms with van der Waals surface area (Å²) in [5.41, 5.74) is 21.6. The van der Waals surface area contributed by atoms with Crippen molar-refractivity contribution in [3.63, 3.8) is 0 Å². The standard InChI is InChI=1S/C73H90N12O13/c1-5-46-17-16-43(2)61-62(46)98-63-58(26-27-59-72(4)39-52(72)28-30-73(59,61)63)97-71(93)85-34-29-51(37-53(85)40-82-67(90)56(15-11-32-80-69(76)77)83-60(87)41-81-44(3)86)65(88)78-31-10-9-14-57(84-70(92)95-42-45-12-7-6-8-13-45)66(89)79-33-35-94-54-23-20-47(21-24-54)68(91)96-55-25-22-48-36-50(64(74)75)19-18-49(48)38-55/h6-8,12-13,16-26,36,38,51-53,56-57,59,63H,5,9-11,14-15,27-35,37,39-42H2,1-4H3,(H3,74,75)(H,78,88)(H,79,89)(H,81,86)(H,82,90)(H,83,87)(H,84,92)(H4,76,77,80)/t51?,52?,53?,56-,57+,59+,63+,72?,73+/m1/s1. The molecule has 4 unspecified atom stereocenters. The predicted octanol–water partition coefficient (Wildman–Crippen LogP) is 6.72. The average molecular weight is 1340 g/mol. The Morgan fingerprint density at radius 2 is 1.51 bits per heavy atom. The average Bonchev–Trinajstić information content (AvgIpc) is 1.50. The number of ether oxygens (including phenoxy) is 5. The van der Waals surface area contributed by atoms with E-state index in [9.17, 15) is 38.4 Å². The van der Waals surface area contributed by atoms with Crippen molar-refractivity contribution < 1.29 is 62.0 Å². The third-order valence-corrected chi connectivity index (χ3v) is 19.9. The van der Waals surface area contributed by atoms with Gasteiger partial charge in [0.15, 0.2) is 12.1 Å². The fourth-order valence-corrected chi connectivity index (χ4v) is 14.6. The van der Waals surface area contributed by atoms with Gasteiger partial charge in [0.1, 0.15) is 54.1 Å². The van der Waals surface area contributed by atoms with Crippen LogP contribution in [-0.4, -0.2) is 134 Å². The second kappa shape index (κ2) is 31.8. The first-order chi connectivity index (χ1) is 47.1. The smallest absolute Gasteiger partial charge is 0.415 e. The molecule has 7 amide bonds. The van der Waals surface area contributed by atoms with Crippen molar-refractivity contribution in [2.24, 2.45) is 45.4 Å². The molecule has 10 rings (SSSR count). The van der Waals surface area contributed by atoms with Crippen LogP contribution in [0.1, 0.15) is 130 Å². The van der Waals surface area contributed by atoms with Gasteiger partial charge in [-0.25, -0.2) is 14.4 Å². The summed E-state index contributed by atoms with van der Waals surface area (Å²) >= 11 is 0. The molecule has 1 saturated heterocycles. The summed E-state index contributed by atoms with van der Waals surface area (Å²) < 4.78 is 30.6. The highest BCUT2D eigenvalue weighted by Crippen LogP contribution is 2.74. The SMILES string of the molecule is CCc1ccc(C)c2c1O[C@H]1C(OC(=O)N3CCC(C(=O)NCCCC[C@H](NC(=O)OCc4ccccc4)C(=O)NCCOc4ccc(C(=O)Oc5ccc6cc(C(=N)N)ccc6c5)cc4)CC3CNC(=O)[C@@H](CCCN=C(N)N)NC(=O)CNC(C)=O)=CC[C@H]3C4(C)CC4CC[C@]213. The number of aryl methyl sites for hydroxylation is 2. The largest absolute Gasteiger partial charge is 0.492 e. The number of allylic oxidation sites excluding steroid dienone is 1. The first kappa shape index (κ1) is 70.6. The number of esters is 1. The second-order valence-corrected chi connectivity index (χ2v) is 26.4. The lowest BCUT2D eigenvalue weighted by Gasteiger charge is -2.50. The Morgan fingerprint density at radius 1 is 0.786 bits per heavy atom. The number of fused-ring (bicyclic) bond motifs is 4. The maximum absolute atomic E-state index is 14.9. The van der Waals surface area contributed by atoms with E-state index in [1.54, 1.807) is 65.6 Å². The van der Waals surface area contributed by atoms with Gasteiger partial charge < -0.3 is 77.7 Å². The van der Waals surface area contributed by atoms with Gasteiger partial charge >= 0.3 is 18.2 Å². The van der Waals surface area contributed by atoms with Crippen LogP contribution >= 0.6 is 0 Å². The molecule has 2 heterocycles. The minimum atomic E-state index is -1.08. The zero-order valence-electron chi connectivity index (χ0n) is 56.0. The predicted molar refractivity (Wildman–Crippen MR) is 367 cm³/mol. The Kier molecular flexibility index (Phi) is 22.9. The number of nitrogens with one attached hydrogen (secondary N) is 7. The molecular formula is C73H90N12O13. The number of carbonyl (C=O) groups is 8. The molecule has 3 aliphatic carbocycles. The number of amides is 7. The van der Waals surface area contributed by atoms with Gasteiger partial charge in [0.2, 0.25) is 29.5 Å². The van der Waals surface area contributed by atoms with Crippen molar-refractivity contribution in [3.8, 4) is 17.2 Å². The van der Waals surface area contributed by atoms with Crippen molar-refractivity contribution >= 4 is 70.3 Å². The molecule has 5 aliphatic rings. The Morgan fingerprint density at radius 3 is 2.27 bits per heavy atom. The molecular weight excluding hydrogens is 1250 g/mol. The van der Waals surface area contributed by atoms with Crippen LogP contribution in [0.25, 0.3) is 10.8 Å². The van der Waals surface area contributed by atoms with E-state index in [0.717, 1.165) is 65.3 Å². The van der Waals surface area contributed by atoms with Crippen LogP contribution < -0.4 is 63.3 Å². The van der Waals surface area contributed by atoms with E-state index < -0.39 is 77.3 Å². The number of likely N-dealkylation sites (tertiary alicyclic amines) is 1. The van der Waals surface area contributed by atoms with Gasteiger partial charge in [0, 0.05) is 55.6 Å². The minimum absolute atomic E-state index is 0.0249. The molecule has 3 fully saturated rings. The molecule has 0 aromatic heterocycles. The second-order valence-electron chi connectivity index (χ2n) is 26.4. The summed E-state index contributed by atoms with van der Waals surface area (Å²) in [6.07, 6.45) is 6.51. The number of hydrogen-bond acceptors (Lipinski definition) is 15. The van der Waals surface area contributed by atoms with E-state index in [-0.39, 0.29) is 113 Å². The quantitative estimate of drug-likeness (QED) is 0.00780. The fourth-order valence-electron chi connectivity index (χ4n) is 14.6. The van der Waals surface area contributed by atoms with Crippen LogP contribution in [-0.2, 0) is 51.9 Å². The molecule has 0 radical (unpaired) electrons. The van der Waals surface area contributed by atoms with Crippen LogP contribution in [0.4, 0.5) is 9.59 Å². The number of amidine groups is 1. The van der Waals surface area contributed by atoms with Gasteiger partial charge in [-0.1, -0.05) is 74.5 Å². The maximum atomic E-state index is 14.9. The van der Waals surface area contributed by atoms with Crippen molar-refractivity contribution in [3.05, 3.63) is 148 Å². The summed E-state index contributed by atoms with van der Waals surface area (Å²) in [6.45, 7) is 8.03. The Balaban J connectivity index is 0.759. The highest BCUT2D eigenvalue weighted by Gasteiger charge is 2.71. The number of carbonyl (C=O) groups excluding carboxylic acids is 8. The number of benzene rings is 5. The van der Waals surface area contributed by atoms with E-state index >= 15 is 0 Å². The Hall–Kier alpha value is -10.2. The van der Waals surface area contributed by atoms with Gasteiger partial charge in [0.05, 0.1) is 24.7 Å². The van der Waals surface area contributed by atoms with Gasteiger partial charge in [-0.15, -0.1) is 0 Å². The highest BCUT2D eigenvalue weighted by molar-refractivity contribution is 6.00. The number of nitrogens with zero attached hydrogens (tertiary/aromatic N) is 2. The number of alkyl carbamates (subject to hydrolysis) is 1. The number of rotatable bonds is 29. The first-order valence-corrected chi connectivity index (χ1v) is 33.8. The molecule has 98 heavy (non-hydrogen) atoms. The number of unbranched alkanes of at least 4 members (excludes halogenated alkanes) is 1. The normalized spacial score (nSPS) is 21.4. The topological polar surface area (TPSA) is 372 Å². The zero-order chi connectivity index (χ0) is 69.7. The number of piperidine rings is 1. The van der Waals surface area contributed by atoms with Crippen LogP contribution in [0.5, 0.6) is 17.2 Å². The summed E-state index contributed by atoms with van der Waals surface area (Å²) in [5.74, 6) is -0.675. The zero-order valence-corrected chi connectivity index (χ0v) is 56.0. The molecule has 2 saturated carbocycles. The van der Waals surface area contributed by atoms with Crippen LogP contribution in [0.2, 0.25) is 0 Å². The van der Waals surface area contributed by atoms with E-state index in [4.69, 9.17) is 46.3 Å². The van der Waals surface area contributed by atoms with E-state index in [0.29, 0.717) is 48.0 Å². The lowest BCUT2D eigenvalue weighted by Crippen LogP contribution is -2.57. The summed E-state index contributed by atoms with van der Waals surface area (Å²) in [7, 11) is 0. The van der Waals surface area contributed by atoms with Gasteiger partial charge in [-0.3, -0.25) is 34.4 Å². The lowest BCUT2D eigenvalue weighted by atomic mass is 9.53. The maximum Gasteiger partial charge on any atom is 0.415 e. The van der Waals surface area contributed by atoms with Crippen LogP contribution in [0, 0.1) is 35.5 Å². The number of hydrogen-bond donors (Lipinski definition) is 10. The first-order valence-electron chi connectivity index (χ1n) is 33.8. The molecule has 1 spiro atoms. The molecule has 2 aliphatic heterocycles. The molecule has 5 aromatic carbocycles. The number of nitrogens with two attached hydrogens (primary N) is 3. The fraction of sp³-hybridized carbons (Fsp3) is 0.452. The van der Waals surface area contributed by atoms with Crippen LogP contribution in [0.3, 0.4) is 0 Å². The summed E-state index contributed by atoms with van der Waals surface area (Å²) in [6, 6.07) is 27.4. The molecule has 25 heteroatoms. The summed E-state index contributed by atoms with van der Waals surface area (Å²) in [4.78, 5) is 114. The van der Waals surface area contributed by atoms with Crippen molar-refractivity contribution in [1.82, 2.24) is 36.8 Å². The van der Waals surface area contributed by atoms with E-state index in [2.05, 4.69) is 69.8 Å². The Bertz CT molecular complexity index is 3860. The molecule has 0 bridgehead atoms. The van der Waals surface area contributed by atoms with Gasteiger partial charge in [-0.2, -0.15) is 0 Å². The Labute approximate surface area is 570 Å². The summed E-state index contributed by atoms with van der Waals surface area (Å²) in [5, 5.41) is 26.0. The highest BCUT2D eigenvalue weighted by atomic mass is 16.6. The molecule has 520 valence electrons. The van der Waals surface area contributed by atoms with Crippen LogP contribution in [0.15, 0.2) is 120 Å². The van der Waals surface area contributed by atoms with Crippen molar-refractivity contribution in [1.29, 1.82) is 5.41 Å². The minimum Gasteiger partial charge on any atom is -0.492 e. The van der Waals surface area contributed by atoms with E-state index in [1.807, 2.05) is 36.4 Å². The van der Waals surface area contributed by atoms with Crippen molar-refractivity contribution in [2.45, 2.75) is 141 Å². The van der Waals surface area contributed by atoms with Crippen molar-refractivity contribution in [2.75, 3.05) is 45.9 Å². The molecule has 25 nitrogen and oxygen atoms in total. The number of guanidine groups is 1. The number of nitrogen functional groups attached to an aromatic ring is 1. The van der Waals surface area contributed by atoms with E-state index in [1.165, 1.54) is 12.5 Å². The molecule has 9 atom stereocenters. The molecule has 13 N–H and O–H groups in total. The monoisotopic (exact) mass is 1340 g/mol. The van der Waals surface area contributed by atoms with Gasteiger partial charge in [0.25, 0.3) is 0 Å². The third kappa shape index (κ3) is 16.9. The lowest BCUT2D eigenvalue weighted by molar-refractivity contribution is -0.130.